The van der Waals surface area contributed by atoms with Crippen LogP contribution in [0, 0.1) is 0 Å². The maximum absolute atomic E-state index is 1.84. The Bertz CT molecular complexity index is 121. The molecule has 1 radical (unpaired) electrons. The highest BCUT2D eigenvalue weighted by Gasteiger charge is 2.20. The van der Waals surface area contributed by atoms with E-state index in [2.05, 4.69) is 0 Å². The average Bonchev–Trinajstić information content (AvgIpc) is 2.21. The van der Waals surface area contributed by atoms with Gasteiger partial charge in [-0.2, -0.15) is 0 Å². The molecule has 0 spiro atoms. The van der Waals surface area contributed by atoms with Crippen molar-refractivity contribution in [2.45, 2.75) is 75.5 Å². The number of hydrogen-bond acceptors (Lipinski definition) is 0. The van der Waals surface area contributed by atoms with Gasteiger partial charge in [0.2, 0.25) is 0 Å². The Morgan fingerprint density at radius 2 is 0.929 bits per heavy atom. The maximum Gasteiger partial charge on any atom is -0.0168 e. The summed E-state index contributed by atoms with van der Waals surface area (Å²) in [6.07, 6.45) is 15.3. The van der Waals surface area contributed by atoms with Crippen molar-refractivity contribution in [1.82, 2.24) is 0 Å². The molecule has 0 aromatic rings. The van der Waals surface area contributed by atoms with Gasteiger partial charge in [0.1, 0.15) is 0 Å². The number of hydrogen-bond donors (Lipinski definition) is 0. The minimum atomic E-state index is 0. The summed E-state index contributed by atoms with van der Waals surface area (Å²) >= 11 is 0. The van der Waals surface area contributed by atoms with Gasteiger partial charge in [0.25, 0.3) is 0 Å². The van der Waals surface area contributed by atoms with Crippen LogP contribution in [0.4, 0.5) is 0 Å². The lowest BCUT2D eigenvalue weighted by atomic mass is 10.00. The van der Waals surface area contributed by atoms with Gasteiger partial charge in [-0.05, 0) is 37.0 Å². The fraction of sp³-hybridized carbons (Fsp3) is 1.00. The molecule has 0 N–H and O–H groups in total. The van der Waals surface area contributed by atoms with Gasteiger partial charge in [-0.15, -0.1) is 12.4 Å². The summed E-state index contributed by atoms with van der Waals surface area (Å²) in [5, 5.41) is 0. The van der Waals surface area contributed by atoms with E-state index in [4.69, 9.17) is 0 Å². The van der Waals surface area contributed by atoms with E-state index in [1.54, 1.807) is 0 Å². The zero-order valence-electron chi connectivity index (χ0n) is 9.08. The summed E-state index contributed by atoms with van der Waals surface area (Å²) in [5.41, 5.74) is 2.19. The third-order valence-corrected chi connectivity index (χ3v) is 5.45. The molecule has 0 atom stereocenters. The second kappa shape index (κ2) is 7.07. The maximum atomic E-state index is 1.84. The molecule has 0 aliphatic heterocycles. The second-order valence-corrected chi connectivity index (χ2v) is 6.49. The SMILES string of the molecule is C1CCC([P]C2CCCCC2)CC1.Cl. The summed E-state index contributed by atoms with van der Waals surface area (Å²) in [5.74, 6) is 0. The highest BCUT2D eigenvalue weighted by molar-refractivity contribution is 7.39. The molecular formula is C12H23ClP. The van der Waals surface area contributed by atoms with Gasteiger partial charge in [0.05, 0.1) is 0 Å². The van der Waals surface area contributed by atoms with E-state index in [0.717, 1.165) is 11.3 Å². The summed E-state index contributed by atoms with van der Waals surface area (Å²) in [4.78, 5) is 0. The van der Waals surface area contributed by atoms with Crippen LogP contribution in [0.5, 0.6) is 0 Å². The predicted octanol–water partition coefficient (Wildman–Crippen LogP) is 5.02. The van der Waals surface area contributed by atoms with Gasteiger partial charge in [0, 0.05) is 0 Å². The summed E-state index contributed by atoms with van der Waals surface area (Å²) in [7, 11) is 1.84. The van der Waals surface area contributed by atoms with E-state index in [0.29, 0.717) is 0 Å². The molecule has 2 saturated carbocycles. The molecule has 0 bridgehead atoms. The molecule has 0 amide bonds. The van der Waals surface area contributed by atoms with Crippen LogP contribution in [0.3, 0.4) is 0 Å². The van der Waals surface area contributed by atoms with Crippen molar-refractivity contribution in [3.05, 3.63) is 0 Å². The van der Waals surface area contributed by atoms with Crippen LogP contribution in [0.15, 0.2) is 0 Å². The van der Waals surface area contributed by atoms with Crippen molar-refractivity contribution in [1.29, 1.82) is 0 Å². The van der Waals surface area contributed by atoms with E-state index in [1.807, 2.05) is 8.58 Å². The van der Waals surface area contributed by atoms with Crippen LogP contribution in [-0.2, 0) is 0 Å². The van der Waals surface area contributed by atoms with E-state index < -0.39 is 0 Å². The molecular weight excluding hydrogens is 211 g/mol. The van der Waals surface area contributed by atoms with Crippen molar-refractivity contribution in [2.24, 2.45) is 0 Å². The highest BCUT2D eigenvalue weighted by atomic mass is 35.5. The second-order valence-electron chi connectivity index (χ2n) is 4.73. The lowest BCUT2D eigenvalue weighted by Crippen LogP contribution is -2.14. The van der Waals surface area contributed by atoms with Crippen molar-refractivity contribution in [2.75, 3.05) is 0 Å². The Morgan fingerprint density at radius 1 is 0.571 bits per heavy atom. The molecule has 2 fully saturated rings. The van der Waals surface area contributed by atoms with E-state index in [-0.39, 0.29) is 12.4 Å². The molecule has 0 aromatic heterocycles. The molecule has 83 valence electrons. The van der Waals surface area contributed by atoms with Gasteiger partial charge < -0.3 is 0 Å². The number of halogens is 1. The van der Waals surface area contributed by atoms with Gasteiger partial charge in [-0.1, -0.05) is 47.1 Å². The number of rotatable bonds is 2. The van der Waals surface area contributed by atoms with E-state index in [1.165, 1.54) is 64.2 Å². The Labute approximate surface area is 96.8 Å². The molecule has 2 aliphatic rings. The summed E-state index contributed by atoms with van der Waals surface area (Å²) in [6.45, 7) is 0. The molecule has 0 nitrogen and oxygen atoms in total. The quantitative estimate of drug-likeness (QED) is 0.588. The van der Waals surface area contributed by atoms with Gasteiger partial charge in [-0.3, -0.25) is 0 Å². The Hall–Kier alpha value is 0.720. The van der Waals surface area contributed by atoms with Crippen LogP contribution in [0.25, 0.3) is 0 Å². The average molecular weight is 234 g/mol. The fourth-order valence-corrected chi connectivity index (χ4v) is 4.68. The smallest absolute Gasteiger partial charge is 0.0168 e. The topological polar surface area (TPSA) is 0 Å². The Morgan fingerprint density at radius 3 is 1.29 bits per heavy atom. The van der Waals surface area contributed by atoms with Gasteiger partial charge >= 0.3 is 0 Å². The molecule has 2 heteroatoms. The third kappa shape index (κ3) is 4.07. The predicted molar refractivity (Wildman–Crippen MR) is 67.9 cm³/mol. The van der Waals surface area contributed by atoms with Crippen LogP contribution in [-0.4, -0.2) is 11.3 Å². The molecule has 0 heterocycles. The van der Waals surface area contributed by atoms with E-state index in [9.17, 15) is 0 Å². The monoisotopic (exact) mass is 233 g/mol. The normalized spacial score (nSPS) is 25.7. The van der Waals surface area contributed by atoms with Crippen LogP contribution >= 0.6 is 21.0 Å². The highest BCUT2D eigenvalue weighted by Crippen LogP contribution is 2.41. The standard InChI is InChI=1S/C12H22P.ClH/c1-3-7-11(8-4-1)13-12-9-5-2-6-10-12;/h11-12H,1-10H2;1H. The third-order valence-electron chi connectivity index (χ3n) is 3.57. The van der Waals surface area contributed by atoms with Crippen LogP contribution in [0.2, 0.25) is 0 Å². The molecule has 2 rings (SSSR count). The summed E-state index contributed by atoms with van der Waals surface area (Å²) < 4.78 is 0. The Kier molecular flexibility index (Phi) is 6.46. The van der Waals surface area contributed by atoms with Gasteiger partial charge in [0.15, 0.2) is 0 Å². The van der Waals surface area contributed by atoms with Crippen LogP contribution < -0.4 is 0 Å². The zero-order valence-corrected chi connectivity index (χ0v) is 10.8. The zero-order chi connectivity index (χ0) is 8.93. The first-order chi connectivity index (χ1) is 6.45. The first-order valence-corrected chi connectivity index (χ1v) is 7.18. The molecule has 0 saturated heterocycles. The Balaban J connectivity index is 0.000000980. The molecule has 2 aliphatic carbocycles. The fourth-order valence-electron chi connectivity index (χ4n) is 2.76. The first kappa shape index (κ1) is 12.8. The van der Waals surface area contributed by atoms with Crippen molar-refractivity contribution >= 4 is 21.0 Å². The molecule has 14 heavy (non-hydrogen) atoms. The van der Waals surface area contributed by atoms with Gasteiger partial charge in [-0.25, -0.2) is 0 Å². The lowest BCUT2D eigenvalue weighted by Gasteiger charge is -2.28. The molecule has 0 unspecified atom stereocenters. The van der Waals surface area contributed by atoms with Crippen molar-refractivity contribution in [3.8, 4) is 0 Å². The lowest BCUT2D eigenvalue weighted by molar-refractivity contribution is 0.490. The largest absolute Gasteiger partial charge is 0.147 e. The first-order valence-electron chi connectivity index (χ1n) is 6.15. The van der Waals surface area contributed by atoms with Crippen molar-refractivity contribution < 1.29 is 0 Å². The van der Waals surface area contributed by atoms with Crippen LogP contribution in [0.1, 0.15) is 64.2 Å². The van der Waals surface area contributed by atoms with E-state index >= 15 is 0 Å². The molecule has 0 aromatic carbocycles. The minimum absolute atomic E-state index is 0. The minimum Gasteiger partial charge on any atom is -0.147 e. The summed E-state index contributed by atoms with van der Waals surface area (Å²) in [6, 6.07) is 0. The van der Waals surface area contributed by atoms with Crippen molar-refractivity contribution in [3.63, 3.8) is 0 Å².